The summed E-state index contributed by atoms with van der Waals surface area (Å²) in [7, 11) is 0. The second kappa shape index (κ2) is 7.01. The molecule has 152 valence electrons. The maximum Gasteiger partial charge on any atom is 0.228 e. The number of rotatable bonds is 6. The Kier molecular flexibility index (Phi) is 4.76. The van der Waals surface area contributed by atoms with Crippen LogP contribution in [0.25, 0.3) is 0 Å². The third kappa shape index (κ3) is 4.52. The van der Waals surface area contributed by atoms with E-state index in [1.54, 1.807) is 0 Å². The van der Waals surface area contributed by atoms with Crippen molar-refractivity contribution in [2.24, 2.45) is 22.7 Å². The Hall–Kier alpha value is -2.62. The Balaban J connectivity index is 1.39. The summed E-state index contributed by atoms with van der Waals surface area (Å²) < 4.78 is 0. The summed E-state index contributed by atoms with van der Waals surface area (Å²) in [4.78, 5) is 24.7. The van der Waals surface area contributed by atoms with Gasteiger partial charge in [-0.05, 0) is 65.5 Å². The first-order valence-corrected chi connectivity index (χ1v) is 10.4. The largest absolute Gasteiger partial charge is 0.326 e. The fourth-order valence-electron chi connectivity index (χ4n) is 4.04. The SMILES string of the molecule is CC1(C)CC1C(=O)Nc1cccc(Cc2cccc(NC(=O)C3CC3(C)C)c2)c1. The van der Waals surface area contributed by atoms with Gasteiger partial charge < -0.3 is 10.6 Å². The minimum atomic E-state index is 0.111. The number of anilines is 2. The Morgan fingerprint density at radius 2 is 1.17 bits per heavy atom. The van der Waals surface area contributed by atoms with Crippen LogP contribution in [-0.2, 0) is 16.0 Å². The molecule has 0 saturated heterocycles. The van der Waals surface area contributed by atoms with Gasteiger partial charge in [-0.1, -0.05) is 52.0 Å². The number of hydrogen-bond acceptors (Lipinski definition) is 2. The molecule has 2 aromatic rings. The molecule has 0 aromatic heterocycles. The Morgan fingerprint density at radius 1 is 0.793 bits per heavy atom. The molecule has 0 spiro atoms. The zero-order valence-corrected chi connectivity index (χ0v) is 17.7. The molecular weight excluding hydrogens is 360 g/mol. The van der Waals surface area contributed by atoms with E-state index in [0.29, 0.717) is 0 Å². The third-order valence-electron chi connectivity index (χ3n) is 6.46. The molecule has 4 heteroatoms. The van der Waals surface area contributed by atoms with Gasteiger partial charge in [-0.15, -0.1) is 0 Å². The lowest BCUT2D eigenvalue weighted by atomic mass is 10.0. The van der Waals surface area contributed by atoms with Crippen molar-refractivity contribution < 1.29 is 9.59 Å². The highest BCUT2D eigenvalue weighted by Crippen LogP contribution is 2.52. The summed E-state index contributed by atoms with van der Waals surface area (Å²) in [6.45, 7) is 8.51. The summed E-state index contributed by atoms with van der Waals surface area (Å²) >= 11 is 0. The van der Waals surface area contributed by atoms with Crippen LogP contribution in [0.2, 0.25) is 0 Å². The molecule has 2 aliphatic carbocycles. The molecule has 29 heavy (non-hydrogen) atoms. The quantitative estimate of drug-likeness (QED) is 0.708. The van der Waals surface area contributed by atoms with Crippen molar-refractivity contribution in [3.05, 3.63) is 59.7 Å². The molecular formula is C25H30N2O2. The van der Waals surface area contributed by atoms with E-state index >= 15 is 0 Å². The van der Waals surface area contributed by atoms with E-state index in [-0.39, 0.29) is 34.5 Å². The van der Waals surface area contributed by atoms with Gasteiger partial charge in [0.25, 0.3) is 0 Å². The van der Waals surface area contributed by atoms with E-state index in [1.165, 1.54) is 0 Å². The van der Waals surface area contributed by atoms with Gasteiger partial charge in [0.15, 0.2) is 0 Å². The lowest BCUT2D eigenvalue weighted by Crippen LogP contribution is -2.16. The molecule has 2 N–H and O–H groups in total. The molecule has 4 nitrogen and oxygen atoms in total. The van der Waals surface area contributed by atoms with Crippen LogP contribution in [0.5, 0.6) is 0 Å². The second-order valence-corrected chi connectivity index (χ2v) is 10.0. The summed E-state index contributed by atoms with van der Waals surface area (Å²) in [6, 6.07) is 16.0. The van der Waals surface area contributed by atoms with Crippen molar-refractivity contribution in [3.63, 3.8) is 0 Å². The molecule has 2 fully saturated rings. The van der Waals surface area contributed by atoms with Crippen LogP contribution in [0, 0.1) is 22.7 Å². The number of amides is 2. The van der Waals surface area contributed by atoms with Gasteiger partial charge in [0, 0.05) is 23.2 Å². The Labute approximate surface area is 173 Å². The zero-order chi connectivity index (χ0) is 20.8. The maximum atomic E-state index is 12.4. The van der Waals surface area contributed by atoms with Crippen molar-refractivity contribution in [2.45, 2.75) is 47.0 Å². The molecule has 2 unspecified atom stereocenters. The standard InChI is InChI=1S/C25H30N2O2/c1-24(2)14-20(24)22(28)26-18-9-5-7-16(12-18)11-17-8-6-10-19(13-17)27-23(29)21-15-25(21,3)4/h5-10,12-13,20-21H,11,14-15H2,1-4H3,(H,26,28)(H,27,29). The lowest BCUT2D eigenvalue weighted by Gasteiger charge is -2.10. The van der Waals surface area contributed by atoms with E-state index in [0.717, 1.165) is 41.8 Å². The molecule has 2 amide bonds. The van der Waals surface area contributed by atoms with Crippen molar-refractivity contribution >= 4 is 23.2 Å². The van der Waals surface area contributed by atoms with Gasteiger partial charge in [-0.3, -0.25) is 9.59 Å². The smallest absolute Gasteiger partial charge is 0.228 e. The topological polar surface area (TPSA) is 58.2 Å². The highest BCUT2D eigenvalue weighted by Gasteiger charge is 2.51. The van der Waals surface area contributed by atoms with Crippen LogP contribution in [-0.4, -0.2) is 11.8 Å². The van der Waals surface area contributed by atoms with Crippen LogP contribution >= 0.6 is 0 Å². The molecule has 0 radical (unpaired) electrons. The van der Waals surface area contributed by atoms with Gasteiger partial charge >= 0.3 is 0 Å². The summed E-state index contributed by atoms with van der Waals surface area (Å²) in [5.41, 5.74) is 4.20. The fourth-order valence-corrected chi connectivity index (χ4v) is 4.04. The van der Waals surface area contributed by atoms with E-state index in [1.807, 2.05) is 36.4 Å². The average molecular weight is 391 g/mol. The van der Waals surface area contributed by atoms with Crippen molar-refractivity contribution in [1.82, 2.24) is 0 Å². The van der Waals surface area contributed by atoms with Crippen LogP contribution in [0.3, 0.4) is 0 Å². The normalized spacial score (nSPS) is 23.2. The number of hydrogen-bond donors (Lipinski definition) is 2. The lowest BCUT2D eigenvalue weighted by molar-refractivity contribution is -0.118. The molecule has 0 heterocycles. The highest BCUT2D eigenvalue weighted by molar-refractivity contribution is 5.95. The summed E-state index contributed by atoms with van der Waals surface area (Å²) in [5, 5.41) is 6.11. The molecule has 2 aromatic carbocycles. The van der Waals surface area contributed by atoms with Gasteiger partial charge in [-0.25, -0.2) is 0 Å². The molecule has 0 bridgehead atoms. The Morgan fingerprint density at radius 3 is 1.52 bits per heavy atom. The minimum absolute atomic E-state index is 0.111. The molecule has 2 atom stereocenters. The Bertz CT molecular complexity index is 883. The van der Waals surface area contributed by atoms with Crippen LogP contribution < -0.4 is 10.6 Å². The van der Waals surface area contributed by atoms with Crippen molar-refractivity contribution in [2.75, 3.05) is 10.6 Å². The number of nitrogens with one attached hydrogen (secondary N) is 2. The number of benzene rings is 2. The van der Waals surface area contributed by atoms with E-state index < -0.39 is 0 Å². The predicted molar refractivity (Wildman–Crippen MR) is 117 cm³/mol. The van der Waals surface area contributed by atoms with Gasteiger partial charge in [0.1, 0.15) is 0 Å². The van der Waals surface area contributed by atoms with E-state index in [2.05, 4.69) is 50.5 Å². The van der Waals surface area contributed by atoms with Crippen molar-refractivity contribution in [3.8, 4) is 0 Å². The average Bonchev–Trinajstić information content (AvgIpc) is 3.49. The maximum absolute atomic E-state index is 12.4. The fraction of sp³-hybridized carbons (Fsp3) is 0.440. The summed E-state index contributed by atoms with van der Waals surface area (Å²) in [6.07, 6.45) is 2.65. The monoisotopic (exact) mass is 390 g/mol. The minimum Gasteiger partial charge on any atom is -0.326 e. The van der Waals surface area contributed by atoms with Crippen LogP contribution in [0.4, 0.5) is 11.4 Å². The predicted octanol–water partition coefficient (Wildman–Crippen LogP) is 5.25. The van der Waals surface area contributed by atoms with Gasteiger partial charge in [0.2, 0.25) is 11.8 Å². The van der Waals surface area contributed by atoms with Crippen LogP contribution in [0.1, 0.15) is 51.7 Å². The molecule has 2 saturated carbocycles. The molecule has 4 rings (SSSR count). The van der Waals surface area contributed by atoms with Crippen LogP contribution in [0.15, 0.2) is 48.5 Å². The van der Waals surface area contributed by atoms with E-state index in [9.17, 15) is 9.59 Å². The summed E-state index contributed by atoms with van der Waals surface area (Å²) in [5.74, 6) is 0.450. The first-order chi connectivity index (χ1) is 13.6. The first-order valence-electron chi connectivity index (χ1n) is 10.4. The molecule has 2 aliphatic rings. The molecule has 0 aliphatic heterocycles. The van der Waals surface area contributed by atoms with Gasteiger partial charge in [-0.2, -0.15) is 0 Å². The van der Waals surface area contributed by atoms with Crippen molar-refractivity contribution in [1.29, 1.82) is 0 Å². The first kappa shape index (κ1) is 19.7. The third-order valence-corrected chi connectivity index (χ3v) is 6.46. The number of carbonyl (C=O) groups excluding carboxylic acids is 2. The van der Waals surface area contributed by atoms with E-state index in [4.69, 9.17) is 0 Å². The highest BCUT2D eigenvalue weighted by atomic mass is 16.2. The van der Waals surface area contributed by atoms with Gasteiger partial charge in [0.05, 0.1) is 0 Å². The zero-order valence-electron chi connectivity index (χ0n) is 17.7. The second-order valence-electron chi connectivity index (χ2n) is 10.0. The number of carbonyl (C=O) groups is 2.